The summed E-state index contributed by atoms with van der Waals surface area (Å²) in [5.41, 5.74) is 13.2. The lowest BCUT2D eigenvalue weighted by Gasteiger charge is -2.31. The Morgan fingerprint density at radius 3 is 2.60 bits per heavy atom. The monoisotopic (exact) mass is 275 g/mol. The molecule has 0 radical (unpaired) electrons. The Bertz CT molecular complexity index is 467. The molecule has 2 rings (SSSR count). The van der Waals surface area contributed by atoms with Crippen LogP contribution in [0.5, 0.6) is 0 Å². The largest absolute Gasteiger partial charge is 0.397 e. The van der Waals surface area contributed by atoms with Gasteiger partial charge in [-0.05, 0) is 43.4 Å². The standard InChI is InChI=1S/C16H25N3O/c1-2-14(11-6-4-3-5-7-11)19-15-9-8-12(16(18)20)10-13(15)17/h8-11,14,19H,2-7,17H2,1H3,(H2,18,20). The van der Waals surface area contributed by atoms with Crippen molar-refractivity contribution in [3.8, 4) is 0 Å². The first-order chi connectivity index (χ1) is 9.61. The van der Waals surface area contributed by atoms with E-state index in [4.69, 9.17) is 11.5 Å². The van der Waals surface area contributed by atoms with E-state index in [0.29, 0.717) is 17.3 Å². The van der Waals surface area contributed by atoms with Gasteiger partial charge < -0.3 is 16.8 Å². The minimum absolute atomic E-state index is 0.442. The van der Waals surface area contributed by atoms with Gasteiger partial charge in [-0.15, -0.1) is 0 Å². The fourth-order valence-electron chi connectivity index (χ4n) is 3.14. The fraction of sp³-hybridized carbons (Fsp3) is 0.562. The molecular weight excluding hydrogens is 250 g/mol. The molecule has 0 spiro atoms. The third kappa shape index (κ3) is 3.44. The highest BCUT2D eigenvalue weighted by Crippen LogP contribution is 2.31. The van der Waals surface area contributed by atoms with Gasteiger partial charge in [0.1, 0.15) is 0 Å². The quantitative estimate of drug-likeness (QED) is 0.722. The van der Waals surface area contributed by atoms with Gasteiger partial charge in [0, 0.05) is 11.6 Å². The Kier molecular flexibility index (Phi) is 4.88. The zero-order valence-electron chi connectivity index (χ0n) is 12.2. The molecule has 0 heterocycles. The summed E-state index contributed by atoms with van der Waals surface area (Å²) in [5.74, 6) is 0.284. The molecule has 1 aromatic carbocycles. The summed E-state index contributed by atoms with van der Waals surface area (Å²) in [6, 6.07) is 5.70. The highest BCUT2D eigenvalue weighted by molar-refractivity contribution is 5.94. The zero-order chi connectivity index (χ0) is 14.5. The van der Waals surface area contributed by atoms with Crippen LogP contribution in [0.2, 0.25) is 0 Å². The summed E-state index contributed by atoms with van der Waals surface area (Å²) in [5, 5.41) is 3.56. The molecule has 0 bridgehead atoms. The van der Waals surface area contributed by atoms with E-state index in [1.807, 2.05) is 6.07 Å². The van der Waals surface area contributed by atoms with Crippen LogP contribution >= 0.6 is 0 Å². The van der Waals surface area contributed by atoms with E-state index in [1.54, 1.807) is 12.1 Å². The number of hydrogen-bond acceptors (Lipinski definition) is 3. The van der Waals surface area contributed by atoms with Crippen molar-refractivity contribution in [2.45, 2.75) is 51.5 Å². The zero-order valence-corrected chi connectivity index (χ0v) is 12.2. The van der Waals surface area contributed by atoms with Gasteiger partial charge in [0.15, 0.2) is 0 Å². The van der Waals surface area contributed by atoms with E-state index in [1.165, 1.54) is 32.1 Å². The number of carbonyl (C=O) groups excluding carboxylic acids is 1. The number of nitrogen functional groups attached to an aromatic ring is 1. The summed E-state index contributed by atoms with van der Waals surface area (Å²) in [7, 11) is 0. The highest BCUT2D eigenvalue weighted by Gasteiger charge is 2.22. The molecule has 0 saturated heterocycles. The Morgan fingerprint density at radius 1 is 1.35 bits per heavy atom. The van der Waals surface area contributed by atoms with Crippen LogP contribution in [0.1, 0.15) is 55.8 Å². The maximum Gasteiger partial charge on any atom is 0.248 e. The molecule has 0 aliphatic heterocycles. The van der Waals surface area contributed by atoms with Crippen molar-refractivity contribution in [2.24, 2.45) is 11.7 Å². The lowest BCUT2D eigenvalue weighted by molar-refractivity contribution is 0.100. The molecule has 1 atom stereocenters. The summed E-state index contributed by atoms with van der Waals surface area (Å²) in [6.45, 7) is 2.21. The first-order valence-electron chi connectivity index (χ1n) is 7.57. The lowest BCUT2D eigenvalue weighted by Crippen LogP contribution is -2.30. The molecule has 1 amide bonds. The molecule has 1 aromatic rings. The van der Waals surface area contributed by atoms with Crippen LogP contribution in [0.4, 0.5) is 11.4 Å². The van der Waals surface area contributed by atoms with E-state index in [0.717, 1.165) is 18.0 Å². The van der Waals surface area contributed by atoms with Crippen LogP contribution in [0, 0.1) is 5.92 Å². The smallest absolute Gasteiger partial charge is 0.248 e. The van der Waals surface area contributed by atoms with Gasteiger partial charge in [-0.1, -0.05) is 26.2 Å². The van der Waals surface area contributed by atoms with Crippen molar-refractivity contribution < 1.29 is 4.79 Å². The fourth-order valence-corrected chi connectivity index (χ4v) is 3.14. The Hall–Kier alpha value is -1.71. The summed E-state index contributed by atoms with van der Waals surface area (Å²) in [6.07, 6.45) is 7.71. The van der Waals surface area contributed by atoms with Crippen molar-refractivity contribution in [1.82, 2.24) is 0 Å². The minimum atomic E-state index is -0.442. The first-order valence-corrected chi connectivity index (χ1v) is 7.57. The molecule has 110 valence electrons. The van der Waals surface area contributed by atoms with Crippen LogP contribution in [0.25, 0.3) is 0 Å². The topological polar surface area (TPSA) is 81.1 Å². The normalized spacial score (nSPS) is 17.6. The molecule has 1 unspecified atom stereocenters. The number of rotatable bonds is 5. The Balaban J connectivity index is 2.08. The van der Waals surface area contributed by atoms with E-state index in [-0.39, 0.29) is 0 Å². The van der Waals surface area contributed by atoms with Crippen molar-refractivity contribution >= 4 is 17.3 Å². The number of carbonyl (C=O) groups is 1. The number of hydrogen-bond donors (Lipinski definition) is 3. The van der Waals surface area contributed by atoms with Gasteiger partial charge in [0.05, 0.1) is 11.4 Å². The van der Waals surface area contributed by atoms with Gasteiger partial charge in [-0.25, -0.2) is 0 Å². The second-order valence-corrected chi connectivity index (χ2v) is 5.72. The van der Waals surface area contributed by atoms with E-state index in [2.05, 4.69) is 12.2 Å². The maximum atomic E-state index is 11.1. The second kappa shape index (κ2) is 6.64. The predicted octanol–water partition coefficient (Wildman–Crippen LogP) is 3.14. The number of anilines is 2. The summed E-state index contributed by atoms with van der Waals surface area (Å²) in [4.78, 5) is 11.1. The van der Waals surface area contributed by atoms with Gasteiger partial charge in [0.2, 0.25) is 5.91 Å². The van der Waals surface area contributed by atoms with Gasteiger partial charge in [-0.3, -0.25) is 4.79 Å². The Morgan fingerprint density at radius 2 is 2.05 bits per heavy atom. The lowest BCUT2D eigenvalue weighted by atomic mass is 9.83. The average Bonchev–Trinajstić information content (AvgIpc) is 2.46. The molecule has 1 aliphatic carbocycles. The third-order valence-electron chi connectivity index (χ3n) is 4.34. The van der Waals surface area contributed by atoms with E-state index in [9.17, 15) is 4.79 Å². The summed E-state index contributed by atoms with van der Waals surface area (Å²) < 4.78 is 0. The number of benzene rings is 1. The van der Waals surface area contributed by atoms with Gasteiger partial charge in [0.25, 0.3) is 0 Å². The highest BCUT2D eigenvalue weighted by atomic mass is 16.1. The number of primary amides is 1. The van der Waals surface area contributed by atoms with Gasteiger partial charge >= 0.3 is 0 Å². The van der Waals surface area contributed by atoms with Crippen molar-refractivity contribution in [1.29, 1.82) is 0 Å². The predicted molar refractivity (Wildman–Crippen MR) is 83.6 cm³/mol. The minimum Gasteiger partial charge on any atom is -0.397 e. The maximum absolute atomic E-state index is 11.1. The third-order valence-corrected chi connectivity index (χ3v) is 4.34. The molecule has 0 aromatic heterocycles. The average molecular weight is 275 g/mol. The van der Waals surface area contributed by atoms with Crippen LogP contribution in [-0.2, 0) is 0 Å². The van der Waals surface area contributed by atoms with E-state index >= 15 is 0 Å². The van der Waals surface area contributed by atoms with Crippen molar-refractivity contribution in [3.05, 3.63) is 23.8 Å². The number of amides is 1. The SMILES string of the molecule is CCC(Nc1ccc(C(N)=O)cc1N)C1CCCCC1. The van der Waals surface area contributed by atoms with E-state index < -0.39 is 5.91 Å². The molecule has 4 heteroatoms. The van der Waals surface area contributed by atoms with Crippen molar-refractivity contribution in [2.75, 3.05) is 11.1 Å². The molecule has 1 saturated carbocycles. The van der Waals surface area contributed by atoms with Crippen LogP contribution in [0.15, 0.2) is 18.2 Å². The van der Waals surface area contributed by atoms with Crippen molar-refractivity contribution in [3.63, 3.8) is 0 Å². The molecule has 20 heavy (non-hydrogen) atoms. The molecule has 5 N–H and O–H groups in total. The first kappa shape index (κ1) is 14.7. The second-order valence-electron chi connectivity index (χ2n) is 5.72. The number of nitrogens with two attached hydrogens (primary N) is 2. The van der Waals surface area contributed by atoms with Crippen LogP contribution in [-0.4, -0.2) is 11.9 Å². The molecule has 1 aliphatic rings. The molecular formula is C16H25N3O. The number of nitrogens with one attached hydrogen (secondary N) is 1. The summed E-state index contributed by atoms with van der Waals surface area (Å²) >= 11 is 0. The van der Waals surface area contributed by atoms with Crippen LogP contribution < -0.4 is 16.8 Å². The molecule has 4 nitrogen and oxygen atoms in total. The Labute approximate surface area is 120 Å². The van der Waals surface area contributed by atoms with Crippen LogP contribution in [0.3, 0.4) is 0 Å². The molecule has 1 fully saturated rings. The van der Waals surface area contributed by atoms with Gasteiger partial charge in [-0.2, -0.15) is 0 Å².